The molecule has 0 saturated heterocycles. The highest BCUT2D eigenvalue weighted by Crippen LogP contribution is 2.24. The maximum absolute atomic E-state index is 12.7. The fourth-order valence-electron chi connectivity index (χ4n) is 2.81. The number of amides is 2. The third-order valence-corrected chi connectivity index (χ3v) is 4.04. The highest BCUT2D eigenvalue weighted by atomic mass is 16.6. The van der Waals surface area contributed by atoms with Gasteiger partial charge in [-0.15, -0.1) is 0 Å². The number of hydrogen-bond acceptors (Lipinski definition) is 6. The van der Waals surface area contributed by atoms with Crippen LogP contribution in [0.25, 0.3) is 10.9 Å². The predicted octanol–water partition coefficient (Wildman–Crippen LogP) is 2.06. The van der Waals surface area contributed by atoms with E-state index in [1.165, 1.54) is 12.1 Å². The second-order valence-electron chi connectivity index (χ2n) is 5.61. The highest BCUT2D eigenvalue weighted by Gasteiger charge is 2.40. The molecule has 2 heterocycles. The number of pyridine rings is 1. The maximum Gasteiger partial charge on any atom is 0.297 e. The molecule has 0 saturated carbocycles. The third-order valence-electron chi connectivity index (χ3n) is 4.04. The molecule has 0 spiro atoms. The first-order chi connectivity index (χ1) is 12.5. The van der Waals surface area contributed by atoms with Crippen molar-refractivity contribution in [3.8, 4) is 0 Å². The summed E-state index contributed by atoms with van der Waals surface area (Å²) in [5, 5.41) is 11.6. The molecule has 2 N–H and O–H groups in total. The number of aromatic amines is 1. The molecule has 3 aromatic rings. The van der Waals surface area contributed by atoms with E-state index in [1.54, 1.807) is 30.3 Å². The van der Waals surface area contributed by atoms with Gasteiger partial charge in [0, 0.05) is 12.1 Å². The van der Waals surface area contributed by atoms with Crippen molar-refractivity contribution in [3.63, 3.8) is 0 Å². The number of para-hydroxylation sites is 1. The first-order valence-corrected chi connectivity index (χ1v) is 7.52. The lowest BCUT2D eigenvalue weighted by Crippen LogP contribution is -2.36. The maximum atomic E-state index is 12.7. The van der Waals surface area contributed by atoms with Crippen LogP contribution in [0.3, 0.4) is 0 Å². The van der Waals surface area contributed by atoms with E-state index in [2.05, 4.69) is 10.4 Å². The van der Waals surface area contributed by atoms with Crippen LogP contribution in [0.4, 0.5) is 11.4 Å². The fourth-order valence-corrected chi connectivity index (χ4v) is 2.81. The van der Waals surface area contributed by atoms with Crippen LogP contribution in [-0.2, 0) is 0 Å². The summed E-state index contributed by atoms with van der Waals surface area (Å²) < 4.78 is 0. The van der Waals surface area contributed by atoms with Crippen LogP contribution >= 0.6 is 0 Å². The minimum absolute atomic E-state index is 0.0272. The lowest BCUT2D eigenvalue weighted by Gasteiger charge is -2.15. The summed E-state index contributed by atoms with van der Waals surface area (Å²) in [5.74, 6) is -1.52. The Morgan fingerprint density at radius 2 is 1.73 bits per heavy atom. The summed E-state index contributed by atoms with van der Waals surface area (Å²) in [4.78, 5) is 50.8. The van der Waals surface area contributed by atoms with Gasteiger partial charge < -0.3 is 4.98 Å². The lowest BCUT2D eigenvalue weighted by molar-refractivity contribution is -0.384. The summed E-state index contributed by atoms with van der Waals surface area (Å²) in [6.07, 6.45) is 0. The third kappa shape index (κ3) is 2.22. The molecule has 4 rings (SSSR count). The molecule has 1 aromatic heterocycles. The number of aromatic nitrogens is 1. The number of fused-ring (bicyclic) bond motifs is 2. The minimum Gasteiger partial charge on any atom is -0.350 e. The molecule has 1 aliphatic heterocycles. The number of benzene rings is 2. The van der Waals surface area contributed by atoms with Gasteiger partial charge in [0.25, 0.3) is 17.5 Å². The first kappa shape index (κ1) is 15.5. The molecule has 9 nitrogen and oxygen atoms in total. The quantitative estimate of drug-likeness (QED) is 0.423. The summed E-state index contributed by atoms with van der Waals surface area (Å²) >= 11 is 0. The summed E-state index contributed by atoms with van der Waals surface area (Å²) in [7, 11) is 0. The molecule has 2 aromatic carbocycles. The second-order valence-corrected chi connectivity index (χ2v) is 5.61. The Balaban J connectivity index is 1.85. The average Bonchev–Trinajstić information content (AvgIpc) is 2.87. The highest BCUT2D eigenvalue weighted by molar-refractivity contribution is 6.22. The van der Waals surface area contributed by atoms with E-state index in [-0.39, 0.29) is 27.8 Å². The number of anilines is 1. The zero-order chi connectivity index (χ0) is 18.4. The molecule has 26 heavy (non-hydrogen) atoms. The number of rotatable bonds is 3. The lowest BCUT2D eigenvalue weighted by atomic mass is 10.1. The molecule has 1 aliphatic rings. The Labute approximate surface area is 145 Å². The Morgan fingerprint density at radius 1 is 1.00 bits per heavy atom. The average molecular weight is 350 g/mol. The Kier molecular flexibility index (Phi) is 3.29. The standard InChI is InChI=1S/C17H10N4O5/c22-15-11-8-10(21(25)26)6-7-12(11)18-14-13(15)16(23)20(17(14)24)19-9-4-2-1-3-5-9/h1-8,19H,(H,18,22). The number of H-pyrrole nitrogens is 1. The predicted molar refractivity (Wildman–Crippen MR) is 91.8 cm³/mol. The van der Waals surface area contributed by atoms with Crippen LogP contribution < -0.4 is 10.9 Å². The number of hydrazine groups is 1. The molecule has 0 atom stereocenters. The summed E-state index contributed by atoms with van der Waals surface area (Å²) in [6.45, 7) is 0. The van der Waals surface area contributed by atoms with Gasteiger partial charge in [0.05, 0.1) is 21.5 Å². The molecular weight excluding hydrogens is 340 g/mol. The normalized spacial score (nSPS) is 13.2. The van der Waals surface area contributed by atoms with Gasteiger partial charge in [0.1, 0.15) is 11.3 Å². The molecule has 0 radical (unpaired) electrons. The number of nitrogens with zero attached hydrogens (tertiary/aromatic N) is 2. The van der Waals surface area contributed by atoms with Crippen molar-refractivity contribution in [2.24, 2.45) is 0 Å². The van der Waals surface area contributed by atoms with Gasteiger partial charge in [0.15, 0.2) is 0 Å². The molecule has 9 heteroatoms. The van der Waals surface area contributed by atoms with Crippen molar-refractivity contribution in [2.45, 2.75) is 0 Å². The van der Waals surface area contributed by atoms with E-state index < -0.39 is 22.2 Å². The van der Waals surface area contributed by atoms with Crippen LogP contribution in [0.1, 0.15) is 20.8 Å². The van der Waals surface area contributed by atoms with Gasteiger partial charge in [-0.1, -0.05) is 18.2 Å². The number of carbonyl (C=O) groups excluding carboxylic acids is 2. The SMILES string of the molecule is O=C1c2[nH]c3ccc([N+](=O)[O-])cc3c(=O)c2C(=O)N1Nc1ccccc1. The first-order valence-electron chi connectivity index (χ1n) is 7.52. The fraction of sp³-hybridized carbons (Fsp3) is 0. The van der Waals surface area contributed by atoms with Crippen LogP contribution in [0.2, 0.25) is 0 Å². The number of nitrogens with one attached hydrogen (secondary N) is 2. The van der Waals surface area contributed by atoms with Crippen molar-refractivity contribution in [2.75, 3.05) is 5.43 Å². The second kappa shape index (κ2) is 5.52. The van der Waals surface area contributed by atoms with Crippen LogP contribution in [0.5, 0.6) is 0 Å². The topological polar surface area (TPSA) is 125 Å². The molecule has 0 bridgehead atoms. The molecule has 0 fully saturated rings. The van der Waals surface area contributed by atoms with Crippen LogP contribution in [-0.4, -0.2) is 26.7 Å². The van der Waals surface area contributed by atoms with E-state index in [0.717, 1.165) is 11.1 Å². The van der Waals surface area contributed by atoms with E-state index in [9.17, 15) is 24.5 Å². The van der Waals surface area contributed by atoms with E-state index in [1.807, 2.05) is 0 Å². The monoisotopic (exact) mass is 350 g/mol. The number of carbonyl (C=O) groups is 2. The molecule has 128 valence electrons. The number of nitro benzene ring substituents is 1. The molecule has 0 unspecified atom stereocenters. The van der Waals surface area contributed by atoms with Crippen LogP contribution in [0, 0.1) is 10.1 Å². The number of hydrogen-bond donors (Lipinski definition) is 2. The van der Waals surface area contributed by atoms with Crippen molar-refractivity contribution in [1.82, 2.24) is 9.99 Å². The Hall–Kier alpha value is -4.01. The van der Waals surface area contributed by atoms with Gasteiger partial charge in [-0.05, 0) is 18.2 Å². The summed E-state index contributed by atoms with van der Waals surface area (Å²) in [6, 6.07) is 12.2. The number of non-ortho nitro benzene ring substituents is 1. The van der Waals surface area contributed by atoms with E-state index >= 15 is 0 Å². The van der Waals surface area contributed by atoms with E-state index in [0.29, 0.717) is 5.69 Å². The smallest absolute Gasteiger partial charge is 0.297 e. The van der Waals surface area contributed by atoms with Crippen molar-refractivity contribution >= 4 is 34.1 Å². The van der Waals surface area contributed by atoms with Gasteiger partial charge >= 0.3 is 0 Å². The molecule has 0 aliphatic carbocycles. The zero-order valence-corrected chi connectivity index (χ0v) is 13.1. The zero-order valence-electron chi connectivity index (χ0n) is 13.1. The Morgan fingerprint density at radius 3 is 2.42 bits per heavy atom. The van der Waals surface area contributed by atoms with Crippen LogP contribution in [0.15, 0.2) is 53.3 Å². The van der Waals surface area contributed by atoms with E-state index in [4.69, 9.17) is 0 Å². The molecule has 2 amide bonds. The summed E-state index contributed by atoms with van der Waals surface area (Å²) in [5.41, 5.74) is 1.90. The van der Waals surface area contributed by atoms with Gasteiger partial charge in [-0.3, -0.25) is 29.9 Å². The number of imide groups is 1. The van der Waals surface area contributed by atoms with Gasteiger partial charge in [-0.2, -0.15) is 5.01 Å². The minimum atomic E-state index is -0.816. The Bertz CT molecular complexity index is 1150. The molecular formula is C17H10N4O5. The van der Waals surface area contributed by atoms with Gasteiger partial charge in [-0.25, -0.2) is 0 Å². The van der Waals surface area contributed by atoms with Crippen molar-refractivity contribution in [1.29, 1.82) is 0 Å². The largest absolute Gasteiger partial charge is 0.350 e. The van der Waals surface area contributed by atoms with Crippen molar-refractivity contribution < 1.29 is 14.5 Å². The van der Waals surface area contributed by atoms with Crippen molar-refractivity contribution in [3.05, 3.63) is 80.1 Å². The van der Waals surface area contributed by atoms with Gasteiger partial charge in [0.2, 0.25) is 5.43 Å². The number of nitro groups is 1.